The number of aliphatic hydroxyl groups excluding tert-OH is 2. The third-order valence-corrected chi connectivity index (χ3v) is 8.93. The van der Waals surface area contributed by atoms with E-state index in [1.165, 1.54) is 5.56 Å². The molecule has 1 amide bonds. The van der Waals surface area contributed by atoms with Gasteiger partial charge in [-0.05, 0) is 31.7 Å². The van der Waals surface area contributed by atoms with E-state index in [1.54, 1.807) is 28.5 Å². The summed E-state index contributed by atoms with van der Waals surface area (Å²) in [4.78, 5) is 23.9. The number of nitrogens with one attached hydrogen (secondary N) is 1. The minimum absolute atomic E-state index is 0.0318. The number of methoxy groups -OCH3 is 1. The molecule has 0 radical (unpaired) electrons. The van der Waals surface area contributed by atoms with Crippen LogP contribution in [0.25, 0.3) is 11.2 Å². The zero-order chi connectivity index (χ0) is 28.2. The highest BCUT2D eigenvalue weighted by molar-refractivity contribution is 7.99. The predicted octanol–water partition coefficient (Wildman–Crippen LogP) is 2.86. The van der Waals surface area contributed by atoms with Crippen LogP contribution in [-0.2, 0) is 9.53 Å². The molecule has 5 rings (SSSR count). The fraction of sp³-hybridized carbons (Fsp3) is 0.607. The number of fused-ring (bicyclic) bond motifs is 1. The van der Waals surface area contributed by atoms with E-state index >= 15 is 0 Å². The molecule has 11 nitrogen and oxygen atoms in total. The Hall–Kier alpha value is -2.80. The Morgan fingerprint density at radius 2 is 1.98 bits per heavy atom. The number of carbonyl (C=O) groups is 1. The van der Waals surface area contributed by atoms with Crippen LogP contribution in [0, 0.1) is 5.92 Å². The molecule has 0 saturated heterocycles. The van der Waals surface area contributed by atoms with Gasteiger partial charge in [-0.15, -0.1) is 5.10 Å². The Morgan fingerprint density at radius 3 is 2.70 bits per heavy atom. The zero-order valence-electron chi connectivity index (χ0n) is 23.3. The van der Waals surface area contributed by atoms with Crippen LogP contribution in [0.15, 0.2) is 35.5 Å². The first-order valence-corrected chi connectivity index (χ1v) is 15.1. The highest BCUT2D eigenvalue weighted by Gasteiger charge is 2.45. The van der Waals surface area contributed by atoms with Crippen molar-refractivity contribution >= 4 is 34.7 Å². The number of aromatic nitrogens is 5. The molecule has 2 saturated carbocycles. The number of amides is 1. The maximum absolute atomic E-state index is 12.6. The SMILES string of the molecule is CCCSc1nc(NC2CC2c2ccccc2)c2nnn([C@@H]3C[C@H](CN(CC)C(=O)CCOC)[C@@H](O)[C@H]3O)c2n1. The summed E-state index contributed by atoms with van der Waals surface area (Å²) in [6, 6.07) is 10.2. The molecule has 40 heavy (non-hydrogen) atoms. The summed E-state index contributed by atoms with van der Waals surface area (Å²) < 4.78 is 6.68. The van der Waals surface area contributed by atoms with E-state index < -0.39 is 18.2 Å². The molecule has 216 valence electrons. The number of carbonyl (C=O) groups excluding carboxylic acids is 1. The third-order valence-electron chi connectivity index (χ3n) is 7.87. The average Bonchev–Trinajstić information content (AvgIpc) is 3.53. The van der Waals surface area contributed by atoms with Gasteiger partial charge < -0.3 is 25.2 Å². The molecule has 2 heterocycles. The van der Waals surface area contributed by atoms with Crippen LogP contribution in [0.3, 0.4) is 0 Å². The lowest BCUT2D eigenvalue weighted by Crippen LogP contribution is -2.39. The lowest BCUT2D eigenvalue weighted by atomic mass is 10.0. The number of hydrogen-bond donors (Lipinski definition) is 3. The number of benzene rings is 1. The van der Waals surface area contributed by atoms with Crippen LogP contribution in [0.4, 0.5) is 5.82 Å². The Labute approximate surface area is 238 Å². The predicted molar refractivity (Wildman–Crippen MR) is 153 cm³/mol. The number of ether oxygens (including phenoxy) is 1. The van der Waals surface area contributed by atoms with Crippen molar-refractivity contribution in [2.75, 3.05) is 37.9 Å². The van der Waals surface area contributed by atoms with E-state index in [2.05, 4.69) is 46.8 Å². The van der Waals surface area contributed by atoms with Crippen molar-refractivity contribution in [2.45, 2.75) is 74.9 Å². The zero-order valence-corrected chi connectivity index (χ0v) is 24.1. The van der Waals surface area contributed by atoms with Crippen molar-refractivity contribution in [3.05, 3.63) is 35.9 Å². The van der Waals surface area contributed by atoms with Crippen molar-refractivity contribution in [3.63, 3.8) is 0 Å². The summed E-state index contributed by atoms with van der Waals surface area (Å²) in [5.74, 6) is 1.59. The quantitative estimate of drug-likeness (QED) is 0.208. The topological polar surface area (TPSA) is 139 Å². The van der Waals surface area contributed by atoms with Gasteiger partial charge in [-0.25, -0.2) is 14.6 Å². The van der Waals surface area contributed by atoms with E-state index in [1.807, 2.05) is 13.0 Å². The maximum atomic E-state index is 12.6. The number of thioether (sulfide) groups is 1. The van der Waals surface area contributed by atoms with Crippen molar-refractivity contribution in [3.8, 4) is 0 Å². The number of nitrogens with zero attached hydrogens (tertiary/aromatic N) is 6. The van der Waals surface area contributed by atoms with Gasteiger partial charge in [0.15, 0.2) is 22.1 Å². The Kier molecular flexibility index (Phi) is 9.19. The number of rotatable bonds is 13. The first-order chi connectivity index (χ1) is 19.4. The molecule has 3 aromatic rings. The van der Waals surface area contributed by atoms with E-state index in [0.717, 1.165) is 18.6 Å². The summed E-state index contributed by atoms with van der Waals surface area (Å²) in [6.45, 7) is 5.24. The molecule has 0 spiro atoms. The molecule has 2 unspecified atom stereocenters. The van der Waals surface area contributed by atoms with Gasteiger partial charge in [-0.2, -0.15) is 0 Å². The minimum Gasteiger partial charge on any atom is -0.390 e. The van der Waals surface area contributed by atoms with Gasteiger partial charge in [0.05, 0.1) is 25.2 Å². The Balaban J connectivity index is 1.38. The number of aliphatic hydroxyl groups is 2. The highest BCUT2D eigenvalue weighted by atomic mass is 32.2. The highest BCUT2D eigenvalue weighted by Crippen LogP contribution is 2.43. The van der Waals surface area contributed by atoms with Gasteiger partial charge in [-0.1, -0.05) is 54.2 Å². The van der Waals surface area contributed by atoms with Crippen molar-refractivity contribution < 1.29 is 19.7 Å². The van der Waals surface area contributed by atoms with Crippen LogP contribution >= 0.6 is 11.8 Å². The molecular weight excluding hydrogens is 530 g/mol. The molecule has 2 fully saturated rings. The molecule has 3 N–H and O–H groups in total. The van der Waals surface area contributed by atoms with Crippen LogP contribution in [0.1, 0.15) is 57.1 Å². The summed E-state index contributed by atoms with van der Waals surface area (Å²) in [7, 11) is 1.57. The Morgan fingerprint density at radius 1 is 1.18 bits per heavy atom. The van der Waals surface area contributed by atoms with Gasteiger partial charge in [0, 0.05) is 43.8 Å². The largest absolute Gasteiger partial charge is 0.390 e. The van der Waals surface area contributed by atoms with Crippen molar-refractivity contribution in [1.82, 2.24) is 29.9 Å². The summed E-state index contributed by atoms with van der Waals surface area (Å²) in [5, 5.41) is 35.1. The number of hydrogen-bond acceptors (Lipinski definition) is 10. The monoisotopic (exact) mass is 569 g/mol. The van der Waals surface area contributed by atoms with Crippen LogP contribution < -0.4 is 5.32 Å². The second-order valence-corrected chi connectivity index (χ2v) is 11.7. The minimum atomic E-state index is -1.06. The lowest BCUT2D eigenvalue weighted by Gasteiger charge is -2.26. The van der Waals surface area contributed by atoms with Crippen molar-refractivity contribution in [1.29, 1.82) is 0 Å². The maximum Gasteiger partial charge on any atom is 0.224 e. The molecule has 0 aliphatic heterocycles. The molecule has 0 bridgehead atoms. The van der Waals surface area contributed by atoms with Gasteiger partial charge in [0.2, 0.25) is 5.91 Å². The van der Waals surface area contributed by atoms with Gasteiger partial charge in [0.1, 0.15) is 6.10 Å². The molecule has 2 aromatic heterocycles. The smallest absolute Gasteiger partial charge is 0.224 e. The molecule has 2 aliphatic carbocycles. The fourth-order valence-corrected chi connectivity index (χ4v) is 6.24. The van der Waals surface area contributed by atoms with E-state index in [-0.39, 0.29) is 24.3 Å². The van der Waals surface area contributed by atoms with Crippen LogP contribution in [0.5, 0.6) is 0 Å². The molecular formula is C28H39N7O4S. The molecule has 2 aliphatic rings. The van der Waals surface area contributed by atoms with Crippen molar-refractivity contribution in [2.24, 2.45) is 5.92 Å². The third kappa shape index (κ3) is 6.09. The van der Waals surface area contributed by atoms with E-state index in [0.29, 0.717) is 54.2 Å². The van der Waals surface area contributed by atoms with Gasteiger partial charge in [0.25, 0.3) is 0 Å². The Bertz CT molecular complexity index is 1290. The van der Waals surface area contributed by atoms with Gasteiger partial charge in [-0.3, -0.25) is 4.79 Å². The first-order valence-electron chi connectivity index (χ1n) is 14.1. The van der Waals surface area contributed by atoms with Crippen LogP contribution in [0.2, 0.25) is 0 Å². The average molecular weight is 570 g/mol. The molecule has 6 atom stereocenters. The normalized spacial score (nSPS) is 25.8. The van der Waals surface area contributed by atoms with Gasteiger partial charge >= 0.3 is 0 Å². The van der Waals surface area contributed by atoms with E-state index in [9.17, 15) is 15.0 Å². The molecule has 12 heteroatoms. The summed E-state index contributed by atoms with van der Waals surface area (Å²) >= 11 is 1.57. The summed E-state index contributed by atoms with van der Waals surface area (Å²) in [6.07, 6.45) is 0.651. The summed E-state index contributed by atoms with van der Waals surface area (Å²) in [5.41, 5.74) is 2.38. The number of anilines is 1. The first kappa shape index (κ1) is 28.7. The standard InChI is InChI=1S/C28H39N7O4S/c1-4-13-40-28-30-26(29-20-15-19(20)17-9-7-6-8-10-17)23-27(31-28)35(33-32-23)21-14-18(24(37)25(21)38)16-34(5-2)22(36)11-12-39-3/h6-10,18-21,24-25,37-38H,4-5,11-16H2,1-3H3,(H,29,30,31)/t18-,19?,20?,21-,24-,25+/m1/s1. The fourth-order valence-electron chi connectivity index (χ4n) is 5.55. The van der Waals surface area contributed by atoms with Crippen LogP contribution in [-0.4, -0.2) is 96.8 Å². The second-order valence-electron chi connectivity index (χ2n) is 10.6. The molecule has 1 aromatic carbocycles. The van der Waals surface area contributed by atoms with E-state index in [4.69, 9.17) is 14.7 Å². The lowest BCUT2D eigenvalue weighted by molar-refractivity contribution is -0.133. The second kappa shape index (κ2) is 12.8.